The number of rotatable bonds is 6. The van der Waals surface area contributed by atoms with E-state index in [9.17, 15) is 9.59 Å². The Kier molecular flexibility index (Phi) is 5.85. The lowest BCUT2D eigenvalue weighted by Gasteiger charge is -2.16. The van der Waals surface area contributed by atoms with Gasteiger partial charge in [-0.1, -0.05) is 43.0 Å². The van der Waals surface area contributed by atoms with Crippen molar-refractivity contribution < 1.29 is 9.15 Å². The largest absolute Gasteiger partial charge is 0.423 e. The van der Waals surface area contributed by atoms with Crippen molar-refractivity contribution in [1.29, 1.82) is 0 Å². The van der Waals surface area contributed by atoms with Crippen molar-refractivity contribution in [3.8, 4) is 0 Å². The predicted octanol–water partition coefficient (Wildman–Crippen LogP) is 4.54. The van der Waals surface area contributed by atoms with Gasteiger partial charge < -0.3 is 9.15 Å². The van der Waals surface area contributed by atoms with Crippen LogP contribution in [0.15, 0.2) is 67.7 Å². The number of ether oxygens (including phenoxy) is 1. The molecule has 1 saturated heterocycles. The minimum absolute atomic E-state index is 0.0204. The summed E-state index contributed by atoms with van der Waals surface area (Å²) in [6.45, 7) is 3.28. The first-order valence-corrected chi connectivity index (χ1v) is 11.9. The molecule has 0 N–H and O–H groups in total. The van der Waals surface area contributed by atoms with Gasteiger partial charge in [-0.05, 0) is 48.6 Å². The third kappa shape index (κ3) is 4.10. The number of hydrogen-bond acceptors (Lipinski definition) is 6. The van der Waals surface area contributed by atoms with Crippen LogP contribution in [0.2, 0.25) is 0 Å². The molecule has 0 saturated carbocycles. The minimum atomic E-state index is -0.371. The van der Waals surface area contributed by atoms with Gasteiger partial charge in [-0.3, -0.25) is 9.36 Å². The van der Waals surface area contributed by atoms with Crippen molar-refractivity contribution in [1.82, 2.24) is 9.55 Å². The monoisotopic (exact) mass is 448 g/mol. The highest BCUT2D eigenvalue weighted by Gasteiger charge is 2.20. The Morgan fingerprint density at radius 2 is 2.00 bits per heavy atom. The van der Waals surface area contributed by atoms with Crippen LogP contribution >= 0.6 is 11.8 Å². The van der Waals surface area contributed by atoms with Crippen molar-refractivity contribution in [3.63, 3.8) is 0 Å². The van der Waals surface area contributed by atoms with Gasteiger partial charge in [-0.2, -0.15) is 0 Å². The number of benzene rings is 2. The first-order chi connectivity index (χ1) is 15.6. The van der Waals surface area contributed by atoms with E-state index in [0.717, 1.165) is 42.4 Å². The van der Waals surface area contributed by atoms with Crippen LogP contribution < -0.4 is 11.2 Å². The molecular weight excluding hydrogens is 424 g/mol. The molecule has 1 unspecified atom stereocenters. The van der Waals surface area contributed by atoms with Crippen LogP contribution in [0, 0.1) is 0 Å². The van der Waals surface area contributed by atoms with Crippen LogP contribution in [-0.2, 0) is 23.5 Å². The zero-order valence-corrected chi connectivity index (χ0v) is 18.7. The molecule has 1 fully saturated rings. The van der Waals surface area contributed by atoms with E-state index in [0.29, 0.717) is 33.9 Å². The van der Waals surface area contributed by atoms with Gasteiger partial charge in [0.1, 0.15) is 5.58 Å². The van der Waals surface area contributed by atoms with E-state index < -0.39 is 0 Å². The number of para-hydroxylation sites is 1. The minimum Gasteiger partial charge on any atom is -0.423 e. The van der Waals surface area contributed by atoms with Crippen LogP contribution in [0.1, 0.15) is 30.9 Å². The topological polar surface area (TPSA) is 74.3 Å². The molecule has 0 spiro atoms. The van der Waals surface area contributed by atoms with E-state index in [-0.39, 0.29) is 17.3 Å². The Bertz CT molecular complexity index is 1400. The molecule has 6 nitrogen and oxygen atoms in total. The van der Waals surface area contributed by atoms with Gasteiger partial charge in [-0.25, -0.2) is 9.78 Å². The predicted molar refractivity (Wildman–Crippen MR) is 126 cm³/mol. The molecule has 7 heteroatoms. The van der Waals surface area contributed by atoms with Crippen LogP contribution in [0.4, 0.5) is 0 Å². The molecule has 164 valence electrons. The standard InChI is InChI=1S/C25H24N2O4S/c1-2-16-9-10-19-17(13-23(28)31-22(19)12-16)15-32-25-26-21-8-4-3-7-20(21)24(29)27(25)14-18-6-5-11-30-18/h3-4,7-10,12-13,18H,2,5-6,11,14-15H2,1H3. The molecular formula is C25H24N2O4S. The summed E-state index contributed by atoms with van der Waals surface area (Å²) in [5.41, 5.74) is 2.83. The number of hydrogen-bond donors (Lipinski definition) is 0. The third-order valence-corrected chi connectivity index (χ3v) is 6.92. The normalized spacial score (nSPS) is 16.2. The van der Waals surface area contributed by atoms with Gasteiger partial charge in [0.05, 0.1) is 23.6 Å². The van der Waals surface area contributed by atoms with Crippen molar-refractivity contribution in [2.24, 2.45) is 0 Å². The summed E-state index contributed by atoms with van der Waals surface area (Å²) in [5, 5.41) is 2.15. The fraction of sp³-hybridized carbons (Fsp3) is 0.320. The lowest BCUT2D eigenvalue weighted by molar-refractivity contribution is 0.0937. The number of nitrogens with zero attached hydrogens (tertiary/aromatic N) is 2. The molecule has 32 heavy (non-hydrogen) atoms. The molecule has 3 heterocycles. The Hall–Kier alpha value is -2.90. The van der Waals surface area contributed by atoms with Crippen LogP contribution in [-0.4, -0.2) is 22.3 Å². The SMILES string of the molecule is CCc1ccc2c(CSc3nc4ccccc4c(=O)n3CC3CCCO3)cc(=O)oc2c1. The van der Waals surface area contributed by atoms with E-state index in [1.165, 1.54) is 17.8 Å². The number of aryl methyl sites for hydroxylation is 1. The Morgan fingerprint density at radius 3 is 2.81 bits per heavy atom. The quantitative estimate of drug-likeness (QED) is 0.245. The first-order valence-electron chi connectivity index (χ1n) is 10.9. The highest BCUT2D eigenvalue weighted by atomic mass is 32.2. The van der Waals surface area contributed by atoms with E-state index in [4.69, 9.17) is 14.1 Å². The zero-order valence-electron chi connectivity index (χ0n) is 17.9. The van der Waals surface area contributed by atoms with Crippen molar-refractivity contribution in [3.05, 3.63) is 80.4 Å². The maximum Gasteiger partial charge on any atom is 0.336 e. The fourth-order valence-corrected chi connectivity index (χ4v) is 5.17. The van der Waals surface area contributed by atoms with Crippen molar-refractivity contribution >= 4 is 33.6 Å². The number of aromatic nitrogens is 2. The van der Waals surface area contributed by atoms with E-state index in [1.54, 1.807) is 4.57 Å². The molecule has 0 amide bonds. The Balaban J connectivity index is 1.54. The maximum atomic E-state index is 13.3. The molecule has 5 rings (SSSR count). The average Bonchev–Trinajstić information content (AvgIpc) is 3.32. The first kappa shape index (κ1) is 21.0. The van der Waals surface area contributed by atoms with Crippen LogP contribution in [0.25, 0.3) is 21.9 Å². The molecule has 1 atom stereocenters. The summed E-state index contributed by atoms with van der Waals surface area (Å²) >= 11 is 1.46. The van der Waals surface area contributed by atoms with Crippen molar-refractivity contribution in [2.45, 2.75) is 49.7 Å². The second-order valence-corrected chi connectivity index (χ2v) is 8.97. The summed E-state index contributed by atoms with van der Waals surface area (Å²) in [7, 11) is 0. The molecule has 1 aliphatic rings. The summed E-state index contributed by atoms with van der Waals surface area (Å²) in [6, 6.07) is 14.9. The van der Waals surface area contributed by atoms with Gasteiger partial charge in [0.25, 0.3) is 5.56 Å². The summed E-state index contributed by atoms with van der Waals surface area (Å²) in [5.74, 6) is 0.504. The van der Waals surface area contributed by atoms with Crippen LogP contribution in [0.5, 0.6) is 0 Å². The van der Waals surface area contributed by atoms with Crippen molar-refractivity contribution in [2.75, 3.05) is 6.61 Å². The third-order valence-electron chi connectivity index (χ3n) is 5.90. The zero-order chi connectivity index (χ0) is 22.1. The Labute approximate surface area is 189 Å². The molecule has 0 radical (unpaired) electrons. The average molecular weight is 449 g/mol. The van der Waals surface area contributed by atoms with E-state index in [1.807, 2.05) is 36.4 Å². The summed E-state index contributed by atoms with van der Waals surface area (Å²) in [6.07, 6.45) is 2.84. The van der Waals surface area contributed by atoms with Crippen LogP contribution in [0.3, 0.4) is 0 Å². The second-order valence-electron chi connectivity index (χ2n) is 8.03. The number of fused-ring (bicyclic) bond motifs is 2. The summed E-state index contributed by atoms with van der Waals surface area (Å²) in [4.78, 5) is 30.2. The van der Waals surface area contributed by atoms with Gasteiger partial charge in [0.15, 0.2) is 5.16 Å². The van der Waals surface area contributed by atoms with E-state index >= 15 is 0 Å². The molecule has 1 aliphatic heterocycles. The lowest BCUT2D eigenvalue weighted by Crippen LogP contribution is -2.28. The Morgan fingerprint density at radius 1 is 1.12 bits per heavy atom. The maximum absolute atomic E-state index is 13.3. The van der Waals surface area contributed by atoms with E-state index in [2.05, 4.69) is 13.0 Å². The number of thioether (sulfide) groups is 1. The smallest absolute Gasteiger partial charge is 0.336 e. The molecule has 2 aromatic carbocycles. The second kappa shape index (κ2) is 8.92. The highest BCUT2D eigenvalue weighted by Crippen LogP contribution is 2.27. The molecule has 0 bridgehead atoms. The van der Waals surface area contributed by atoms with Gasteiger partial charge >= 0.3 is 5.63 Å². The molecule has 0 aliphatic carbocycles. The molecule has 2 aromatic heterocycles. The highest BCUT2D eigenvalue weighted by molar-refractivity contribution is 7.98. The molecule has 4 aromatic rings. The fourth-order valence-electron chi connectivity index (χ4n) is 4.17. The van der Waals surface area contributed by atoms with Gasteiger partial charge in [0.2, 0.25) is 0 Å². The lowest BCUT2D eigenvalue weighted by atomic mass is 10.1. The van der Waals surface area contributed by atoms with Gasteiger partial charge in [0, 0.05) is 23.8 Å². The van der Waals surface area contributed by atoms with Gasteiger partial charge in [-0.15, -0.1) is 0 Å². The summed E-state index contributed by atoms with van der Waals surface area (Å²) < 4.78 is 12.9.